The summed E-state index contributed by atoms with van der Waals surface area (Å²) in [7, 11) is -1.84. The van der Waals surface area contributed by atoms with Crippen LogP contribution in [-0.4, -0.2) is 35.1 Å². The SMILES string of the molecule is O=C(CCC1=CC(C(=O)N/N=C/C[P+](c2ccccc2)(c2ccccc2)[C@H]2CC=CCC2)=CCC1)NO. The maximum absolute atomic E-state index is 12.8. The molecule has 2 aliphatic carbocycles. The zero-order valence-corrected chi connectivity index (χ0v) is 21.9. The normalized spacial score (nSPS) is 17.7. The molecule has 0 aliphatic heterocycles. The van der Waals surface area contributed by atoms with Crippen LogP contribution >= 0.6 is 7.26 Å². The average molecular weight is 517 g/mol. The van der Waals surface area contributed by atoms with Gasteiger partial charge in [-0.2, -0.15) is 5.10 Å². The van der Waals surface area contributed by atoms with E-state index >= 15 is 0 Å². The highest BCUT2D eigenvalue weighted by Gasteiger charge is 2.49. The number of carbonyl (C=O) groups is 2. The van der Waals surface area contributed by atoms with Gasteiger partial charge in [0.25, 0.3) is 5.91 Å². The van der Waals surface area contributed by atoms with Gasteiger partial charge < -0.3 is 0 Å². The Balaban J connectivity index is 1.52. The highest BCUT2D eigenvalue weighted by Crippen LogP contribution is 2.63. The molecule has 2 amide bonds. The third-order valence-corrected chi connectivity index (χ3v) is 12.1. The van der Waals surface area contributed by atoms with Crippen LogP contribution in [0.15, 0.2) is 101 Å². The van der Waals surface area contributed by atoms with E-state index in [1.807, 2.05) is 18.4 Å². The van der Waals surface area contributed by atoms with E-state index in [2.05, 4.69) is 83.3 Å². The molecule has 2 aromatic rings. The summed E-state index contributed by atoms with van der Waals surface area (Å²) in [6, 6.07) is 21.6. The van der Waals surface area contributed by atoms with Crippen LogP contribution in [0, 0.1) is 0 Å². The van der Waals surface area contributed by atoms with E-state index in [1.165, 1.54) is 10.6 Å². The van der Waals surface area contributed by atoms with Crippen LogP contribution in [0.3, 0.4) is 0 Å². The summed E-state index contributed by atoms with van der Waals surface area (Å²) in [5.41, 5.74) is 6.48. The predicted octanol–water partition coefficient (Wildman–Crippen LogP) is 4.80. The molecule has 0 spiro atoms. The van der Waals surface area contributed by atoms with Crippen LogP contribution in [0.1, 0.15) is 44.9 Å². The second-order valence-corrected chi connectivity index (χ2v) is 13.3. The lowest BCUT2D eigenvalue weighted by Crippen LogP contribution is -2.35. The molecule has 0 fully saturated rings. The lowest BCUT2D eigenvalue weighted by atomic mass is 9.95. The van der Waals surface area contributed by atoms with Crippen molar-refractivity contribution in [3.8, 4) is 0 Å². The molecule has 7 heteroatoms. The Bertz CT molecular complexity index is 1150. The van der Waals surface area contributed by atoms with Gasteiger partial charge in [0.15, 0.2) is 0 Å². The third kappa shape index (κ3) is 6.71. The lowest BCUT2D eigenvalue weighted by Gasteiger charge is -2.34. The van der Waals surface area contributed by atoms with Crippen molar-refractivity contribution in [2.45, 2.75) is 50.6 Å². The number of nitrogens with one attached hydrogen (secondary N) is 2. The van der Waals surface area contributed by atoms with E-state index in [0.717, 1.165) is 43.8 Å². The number of hydrogen-bond acceptors (Lipinski definition) is 4. The van der Waals surface area contributed by atoms with E-state index in [-0.39, 0.29) is 12.3 Å². The fourth-order valence-corrected chi connectivity index (χ4v) is 9.96. The van der Waals surface area contributed by atoms with E-state index in [4.69, 9.17) is 5.21 Å². The van der Waals surface area contributed by atoms with Crippen molar-refractivity contribution in [3.05, 3.63) is 96.1 Å². The molecule has 2 aromatic carbocycles. The number of rotatable bonds is 10. The Labute approximate surface area is 219 Å². The van der Waals surface area contributed by atoms with E-state index < -0.39 is 13.2 Å². The van der Waals surface area contributed by atoms with Crippen LogP contribution in [0.5, 0.6) is 0 Å². The highest BCUT2D eigenvalue weighted by atomic mass is 31.2. The molecule has 4 rings (SSSR count). The molecule has 2 aliphatic rings. The molecule has 0 heterocycles. The molecular weight excluding hydrogens is 481 g/mol. The maximum Gasteiger partial charge on any atom is 0.271 e. The van der Waals surface area contributed by atoms with Crippen LogP contribution in [-0.2, 0) is 9.59 Å². The number of carbonyl (C=O) groups excluding carboxylic acids is 2. The molecular formula is C30H35N3O3P+. The summed E-state index contributed by atoms with van der Waals surface area (Å²) < 4.78 is 0. The van der Waals surface area contributed by atoms with Gasteiger partial charge in [-0.1, -0.05) is 66.3 Å². The molecule has 0 saturated heterocycles. The minimum atomic E-state index is -1.84. The first-order valence-corrected chi connectivity index (χ1v) is 15.0. The number of hydrogen-bond donors (Lipinski definition) is 3. The molecule has 37 heavy (non-hydrogen) atoms. The minimum Gasteiger partial charge on any atom is -0.289 e. The minimum absolute atomic E-state index is 0.191. The zero-order chi connectivity index (χ0) is 25.9. The van der Waals surface area contributed by atoms with Gasteiger partial charge >= 0.3 is 0 Å². The number of benzene rings is 2. The van der Waals surface area contributed by atoms with Crippen molar-refractivity contribution in [1.82, 2.24) is 10.9 Å². The van der Waals surface area contributed by atoms with Crippen molar-refractivity contribution in [2.24, 2.45) is 5.10 Å². The third-order valence-electron chi connectivity index (χ3n) is 7.18. The number of amides is 2. The fourth-order valence-electron chi connectivity index (χ4n) is 5.28. The first kappa shape index (κ1) is 26.7. The predicted molar refractivity (Wildman–Crippen MR) is 152 cm³/mol. The van der Waals surface area contributed by atoms with Crippen molar-refractivity contribution in [1.29, 1.82) is 0 Å². The first-order chi connectivity index (χ1) is 18.1. The summed E-state index contributed by atoms with van der Waals surface area (Å²) in [5.74, 6) is -0.674. The number of allylic oxidation sites excluding steroid dienone is 4. The zero-order valence-electron chi connectivity index (χ0n) is 21.1. The summed E-state index contributed by atoms with van der Waals surface area (Å²) in [6.45, 7) is 0. The molecule has 0 radical (unpaired) electrons. The molecule has 6 nitrogen and oxygen atoms in total. The van der Waals surface area contributed by atoms with E-state index in [9.17, 15) is 9.59 Å². The Morgan fingerprint density at radius 3 is 2.32 bits per heavy atom. The smallest absolute Gasteiger partial charge is 0.271 e. The number of hydrazone groups is 1. The second kappa shape index (κ2) is 13.3. The van der Waals surface area contributed by atoms with Crippen LogP contribution in [0.25, 0.3) is 0 Å². The van der Waals surface area contributed by atoms with Crippen molar-refractivity contribution >= 4 is 35.9 Å². The van der Waals surface area contributed by atoms with Gasteiger partial charge in [-0.3, -0.25) is 14.8 Å². The summed E-state index contributed by atoms with van der Waals surface area (Å²) in [4.78, 5) is 24.2. The lowest BCUT2D eigenvalue weighted by molar-refractivity contribution is -0.129. The van der Waals surface area contributed by atoms with Gasteiger partial charge in [-0.05, 0) is 56.4 Å². The fraction of sp³-hybridized carbons (Fsp3) is 0.300. The van der Waals surface area contributed by atoms with Crippen LogP contribution in [0.4, 0.5) is 0 Å². The maximum atomic E-state index is 12.8. The van der Waals surface area contributed by atoms with Crippen molar-refractivity contribution in [3.63, 3.8) is 0 Å². The van der Waals surface area contributed by atoms with E-state index in [1.54, 1.807) is 5.48 Å². The molecule has 0 bridgehead atoms. The van der Waals surface area contributed by atoms with Gasteiger partial charge in [-0.25, -0.2) is 10.9 Å². The quantitative estimate of drug-likeness (QED) is 0.139. The van der Waals surface area contributed by atoms with Gasteiger partial charge in [0.05, 0.1) is 29.7 Å². The summed E-state index contributed by atoms with van der Waals surface area (Å²) in [6.07, 6.45) is 16.5. The van der Waals surface area contributed by atoms with Gasteiger partial charge in [-0.15, -0.1) is 0 Å². The Kier molecular flexibility index (Phi) is 9.58. The van der Waals surface area contributed by atoms with Gasteiger partial charge in [0, 0.05) is 18.4 Å². The topological polar surface area (TPSA) is 90.8 Å². The summed E-state index contributed by atoms with van der Waals surface area (Å²) >= 11 is 0. The first-order valence-electron chi connectivity index (χ1n) is 12.9. The largest absolute Gasteiger partial charge is 0.289 e. The Morgan fingerprint density at radius 1 is 1.00 bits per heavy atom. The van der Waals surface area contributed by atoms with Gasteiger partial charge in [0.1, 0.15) is 6.16 Å². The second-order valence-electron chi connectivity index (χ2n) is 9.45. The Hall–Kier alpha value is -3.34. The van der Waals surface area contributed by atoms with Crippen LogP contribution < -0.4 is 21.5 Å². The average Bonchev–Trinajstić information content (AvgIpc) is 2.97. The van der Waals surface area contributed by atoms with Crippen molar-refractivity contribution < 1.29 is 14.8 Å². The molecule has 1 atom stereocenters. The molecule has 0 unspecified atom stereocenters. The molecule has 0 saturated carbocycles. The number of nitrogens with zero attached hydrogens (tertiary/aromatic N) is 1. The Morgan fingerprint density at radius 2 is 1.70 bits per heavy atom. The van der Waals surface area contributed by atoms with Crippen LogP contribution in [0.2, 0.25) is 0 Å². The molecule has 3 N–H and O–H groups in total. The molecule has 192 valence electrons. The molecule has 0 aromatic heterocycles. The number of hydroxylamine groups is 1. The van der Waals surface area contributed by atoms with Crippen molar-refractivity contribution in [2.75, 3.05) is 6.16 Å². The highest BCUT2D eigenvalue weighted by molar-refractivity contribution is 7.90. The monoisotopic (exact) mass is 516 g/mol. The summed E-state index contributed by atoms with van der Waals surface area (Å²) in [5, 5.41) is 15.8. The standard InChI is InChI=1S/C30H34N3O3P/c34-29(33-36)20-19-24-11-10-12-25(23-24)30(35)32-31-21-22-37(26-13-4-1-5-14-26,27-15-6-2-7-16-27)28-17-8-3-9-18-28/h1-8,12-16,21,23,28H,9-11,17-20,22H2,(H2-,32,33,34,35,36)/p+1/b31-21+/t28-/m0/s1. The van der Waals surface area contributed by atoms with Gasteiger partial charge in [0.2, 0.25) is 5.91 Å². The van der Waals surface area contributed by atoms with E-state index in [0.29, 0.717) is 17.7 Å².